The summed E-state index contributed by atoms with van der Waals surface area (Å²) in [5.74, 6) is 0. The Labute approximate surface area is 59.1 Å². The quantitative estimate of drug-likeness (QED) is 0.560. The van der Waals surface area contributed by atoms with Gasteiger partial charge in [-0.2, -0.15) is 0 Å². The maximum absolute atomic E-state index is 11.5. The van der Waals surface area contributed by atoms with Crippen molar-refractivity contribution in [3.8, 4) is 0 Å². The van der Waals surface area contributed by atoms with Gasteiger partial charge in [0.1, 0.15) is 6.61 Å². The van der Waals surface area contributed by atoms with Gasteiger partial charge in [0.25, 0.3) is 6.43 Å². The number of rotatable bonds is 5. The summed E-state index contributed by atoms with van der Waals surface area (Å²) in [5, 5.41) is 0. The monoisotopic (exact) mass is 154 g/mol. The molecule has 0 fully saturated rings. The topological polar surface area (TPSA) is 18.5 Å². The first kappa shape index (κ1) is 9.78. The Kier molecular flexibility index (Phi) is 5.43. The van der Waals surface area contributed by atoms with Crippen LogP contribution in [-0.2, 0) is 9.47 Å². The van der Waals surface area contributed by atoms with E-state index in [0.29, 0.717) is 6.61 Å². The van der Waals surface area contributed by atoms with Gasteiger partial charge >= 0.3 is 0 Å². The minimum atomic E-state index is -2.41. The van der Waals surface area contributed by atoms with Gasteiger partial charge in [-0.15, -0.1) is 0 Å². The summed E-state index contributed by atoms with van der Waals surface area (Å²) in [6.07, 6.45) is -2.94. The van der Waals surface area contributed by atoms with Crippen LogP contribution in [0, 0.1) is 0 Å². The minimum Gasteiger partial charge on any atom is -0.353 e. The molecule has 0 N–H and O–H groups in total. The molecule has 10 heavy (non-hydrogen) atoms. The van der Waals surface area contributed by atoms with Gasteiger partial charge in [-0.3, -0.25) is 0 Å². The van der Waals surface area contributed by atoms with E-state index in [1.54, 1.807) is 13.8 Å². The number of hydrogen-bond acceptors (Lipinski definition) is 2. The number of halogens is 2. The summed E-state index contributed by atoms with van der Waals surface area (Å²) in [6, 6.07) is 0. The lowest BCUT2D eigenvalue weighted by atomic mass is 10.7. The van der Waals surface area contributed by atoms with Crippen molar-refractivity contribution in [3.05, 3.63) is 0 Å². The van der Waals surface area contributed by atoms with Crippen molar-refractivity contribution < 1.29 is 18.3 Å². The molecule has 0 aromatic carbocycles. The van der Waals surface area contributed by atoms with Crippen LogP contribution in [0.25, 0.3) is 0 Å². The largest absolute Gasteiger partial charge is 0.353 e. The molecule has 0 amide bonds. The molecule has 0 aromatic rings. The lowest BCUT2D eigenvalue weighted by Gasteiger charge is -2.11. The lowest BCUT2D eigenvalue weighted by molar-refractivity contribution is -0.148. The third kappa shape index (κ3) is 5.91. The third-order valence-corrected chi connectivity index (χ3v) is 0.858. The summed E-state index contributed by atoms with van der Waals surface area (Å²) in [6.45, 7) is 3.29. The first-order valence-electron chi connectivity index (χ1n) is 3.18. The first-order valence-corrected chi connectivity index (χ1v) is 3.18. The molecule has 0 radical (unpaired) electrons. The maximum atomic E-state index is 11.5. The van der Waals surface area contributed by atoms with Crippen molar-refractivity contribution in [2.75, 3.05) is 13.2 Å². The van der Waals surface area contributed by atoms with Gasteiger partial charge in [0, 0.05) is 6.61 Å². The average Bonchev–Trinajstić information content (AvgIpc) is 1.85. The summed E-state index contributed by atoms with van der Waals surface area (Å²) >= 11 is 0. The van der Waals surface area contributed by atoms with Gasteiger partial charge in [-0.1, -0.05) is 0 Å². The van der Waals surface area contributed by atoms with E-state index in [2.05, 4.69) is 4.74 Å². The molecule has 0 spiro atoms. The highest BCUT2D eigenvalue weighted by Crippen LogP contribution is 1.98. The van der Waals surface area contributed by atoms with Crippen LogP contribution in [0.3, 0.4) is 0 Å². The van der Waals surface area contributed by atoms with Crippen molar-refractivity contribution in [2.24, 2.45) is 0 Å². The predicted molar refractivity (Wildman–Crippen MR) is 33.0 cm³/mol. The van der Waals surface area contributed by atoms with Crippen LogP contribution >= 0.6 is 0 Å². The van der Waals surface area contributed by atoms with E-state index < -0.39 is 19.3 Å². The highest BCUT2D eigenvalue weighted by atomic mass is 19.3. The summed E-state index contributed by atoms with van der Waals surface area (Å²) in [7, 11) is 0. The Morgan fingerprint density at radius 2 is 1.90 bits per heavy atom. The molecule has 0 heterocycles. The van der Waals surface area contributed by atoms with Crippen molar-refractivity contribution in [2.45, 2.75) is 26.6 Å². The zero-order valence-electron chi connectivity index (χ0n) is 6.14. The fourth-order valence-electron chi connectivity index (χ4n) is 0.491. The van der Waals surface area contributed by atoms with Gasteiger partial charge in [0.05, 0.1) is 0 Å². The Balaban J connectivity index is 3.12. The van der Waals surface area contributed by atoms with Crippen LogP contribution in [0.5, 0.6) is 0 Å². The Morgan fingerprint density at radius 1 is 1.30 bits per heavy atom. The molecule has 0 aliphatic rings. The van der Waals surface area contributed by atoms with E-state index in [0.717, 1.165) is 0 Å². The molecular weight excluding hydrogens is 142 g/mol. The van der Waals surface area contributed by atoms with Crippen LogP contribution in [-0.4, -0.2) is 25.9 Å². The molecule has 1 atom stereocenters. The third-order valence-electron chi connectivity index (χ3n) is 0.858. The molecule has 0 bridgehead atoms. The Bertz CT molecular complexity index is 78.1. The molecule has 62 valence electrons. The fourth-order valence-corrected chi connectivity index (χ4v) is 0.491. The van der Waals surface area contributed by atoms with E-state index in [9.17, 15) is 8.78 Å². The molecule has 4 heteroatoms. The highest BCUT2D eigenvalue weighted by Gasteiger charge is 2.05. The number of alkyl halides is 2. The normalized spacial score (nSPS) is 14.1. The zero-order valence-corrected chi connectivity index (χ0v) is 6.14. The van der Waals surface area contributed by atoms with E-state index in [4.69, 9.17) is 4.74 Å². The maximum Gasteiger partial charge on any atom is 0.261 e. The van der Waals surface area contributed by atoms with Crippen molar-refractivity contribution in [1.82, 2.24) is 0 Å². The molecule has 2 nitrogen and oxygen atoms in total. The second-order valence-electron chi connectivity index (χ2n) is 1.75. The fraction of sp³-hybridized carbons (Fsp3) is 1.00. The average molecular weight is 154 g/mol. The molecule has 0 aliphatic carbocycles. The van der Waals surface area contributed by atoms with Gasteiger partial charge in [-0.05, 0) is 13.8 Å². The molecular formula is C6H12F2O2. The second kappa shape index (κ2) is 5.56. The van der Waals surface area contributed by atoms with E-state index in [-0.39, 0.29) is 0 Å². The standard InChI is InChI=1S/C6H12F2O2/c1-3-9-5(2)10-4-6(7)8/h5-6H,3-4H2,1-2H3. The summed E-state index contributed by atoms with van der Waals surface area (Å²) in [4.78, 5) is 0. The van der Waals surface area contributed by atoms with Gasteiger partial charge < -0.3 is 9.47 Å². The number of hydrogen-bond donors (Lipinski definition) is 0. The molecule has 0 rings (SSSR count). The van der Waals surface area contributed by atoms with Crippen molar-refractivity contribution in [3.63, 3.8) is 0 Å². The SMILES string of the molecule is CCOC(C)OCC(F)F. The smallest absolute Gasteiger partial charge is 0.261 e. The van der Waals surface area contributed by atoms with Crippen LogP contribution < -0.4 is 0 Å². The molecule has 0 saturated heterocycles. The molecule has 0 saturated carbocycles. The first-order chi connectivity index (χ1) is 4.66. The second-order valence-corrected chi connectivity index (χ2v) is 1.75. The summed E-state index contributed by atoms with van der Waals surface area (Å²) in [5.41, 5.74) is 0. The van der Waals surface area contributed by atoms with E-state index in [1.165, 1.54) is 0 Å². The molecule has 1 unspecified atom stereocenters. The Hall–Kier alpha value is -0.220. The molecule has 0 aliphatic heterocycles. The Morgan fingerprint density at radius 3 is 2.30 bits per heavy atom. The van der Waals surface area contributed by atoms with E-state index >= 15 is 0 Å². The van der Waals surface area contributed by atoms with Crippen molar-refractivity contribution in [1.29, 1.82) is 0 Å². The zero-order chi connectivity index (χ0) is 7.98. The molecule has 0 aromatic heterocycles. The van der Waals surface area contributed by atoms with E-state index in [1.807, 2.05) is 0 Å². The minimum absolute atomic E-state index is 0.477. The lowest BCUT2D eigenvalue weighted by Crippen LogP contribution is -2.16. The predicted octanol–water partition coefficient (Wildman–Crippen LogP) is 1.65. The number of ether oxygens (including phenoxy) is 2. The summed E-state index contributed by atoms with van der Waals surface area (Å²) < 4.78 is 32.3. The van der Waals surface area contributed by atoms with Crippen LogP contribution in [0.15, 0.2) is 0 Å². The van der Waals surface area contributed by atoms with Crippen LogP contribution in [0.2, 0.25) is 0 Å². The van der Waals surface area contributed by atoms with Gasteiger partial charge in [-0.25, -0.2) is 8.78 Å². The van der Waals surface area contributed by atoms with Crippen LogP contribution in [0.4, 0.5) is 8.78 Å². The van der Waals surface area contributed by atoms with Crippen LogP contribution in [0.1, 0.15) is 13.8 Å². The van der Waals surface area contributed by atoms with Gasteiger partial charge in [0.2, 0.25) is 0 Å². The highest BCUT2D eigenvalue weighted by molar-refractivity contribution is 4.35. The van der Waals surface area contributed by atoms with Gasteiger partial charge in [0.15, 0.2) is 6.29 Å². The van der Waals surface area contributed by atoms with Crippen molar-refractivity contribution >= 4 is 0 Å².